The van der Waals surface area contributed by atoms with Gasteiger partial charge in [0, 0.05) is 6.92 Å². The van der Waals surface area contributed by atoms with Crippen molar-refractivity contribution in [2.75, 3.05) is 6.66 Å². The number of carbonyl (C=O) groups excluding carboxylic acids is 1. The summed E-state index contributed by atoms with van der Waals surface area (Å²) in [7, 11) is -1.88. The summed E-state index contributed by atoms with van der Waals surface area (Å²) in [6.07, 6.45) is 0. The molecular weight excluding hydrogens is 363 g/mol. The Morgan fingerprint density at radius 3 is 1.14 bits per heavy atom. The van der Waals surface area contributed by atoms with Crippen molar-refractivity contribution in [3.63, 3.8) is 0 Å². The minimum absolute atomic E-state index is 0.225. The van der Waals surface area contributed by atoms with Gasteiger partial charge in [0.15, 0.2) is 0 Å². The van der Waals surface area contributed by atoms with Crippen molar-refractivity contribution < 1.29 is 9.53 Å². The van der Waals surface area contributed by atoms with Gasteiger partial charge in [-0.15, -0.1) is 0 Å². The zero-order chi connectivity index (χ0) is 20.6. The van der Waals surface area contributed by atoms with E-state index >= 15 is 0 Å². The number of rotatable bonds is 3. The normalized spacial score (nSPS) is 11.8. The van der Waals surface area contributed by atoms with Gasteiger partial charge in [0.2, 0.25) is 0 Å². The topological polar surface area (TPSA) is 26.3 Å². The Hall–Kier alpha value is -2.44. The van der Waals surface area contributed by atoms with Gasteiger partial charge in [-0.05, 0) is 20.8 Å². The third-order valence-electron chi connectivity index (χ3n) is 4.50. The molecule has 0 heterocycles. The second-order valence-electron chi connectivity index (χ2n) is 7.93. The Kier molecular flexibility index (Phi) is 7.54. The van der Waals surface area contributed by atoms with E-state index < -0.39 is 7.26 Å². The quantitative estimate of drug-likeness (QED) is 0.476. The summed E-state index contributed by atoms with van der Waals surface area (Å²) in [6.45, 7) is 9.37. The van der Waals surface area contributed by atoms with Crippen molar-refractivity contribution >= 4 is 29.1 Å². The average Bonchev–Trinajstić information content (AvgIpc) is 2.68. The van der Waals surface area contributed by atoms with Crippen molar-refractivity contribution in [2.45, 2.75) is 33.3 Å². The molecule has 2 nitrogen and oxygen atoms in total. The molecule has 0 amide bonds. The predicted octanol–water partition coefficient (Wildman–Crippen LogP) is 4.69. The van der Waals surface area contributed by atoms with Crippen LogP contribution < -0.4 is 15.9 Å². The van der Waals surface area contributed by atoms with Crippen LogP contribution in [0.15, 0.2) is 91.0 Å². The number of carbonyl (C=O) groups is 1. The molecular formula is C25H31O2P. The monoisotopic (exact) mass is 394 g/mol. The van der Waals surface area contributed by atoms with Crippen molar-refractivity contribution in [1.82, 2.24) is 0 Å². The van der Waals surface area contributed by atoms with Crippen molar-refractivity contribution in [2.24, 2.45) is 0 Å². The molecule has 3 aromatic rings. The molecule has 0 fully saturated rings. The molecule has 0 aromatic heterocycles. The van der Waals surface area contributed by atoms with E-state index in [9.17, 15) is 4.79 Å². The van der Waals surface area contributed by atoms with Crippen LogP contribution in [0.4, 0.5) is 0 Å². The second-order valence-corrected chi connectivity index (χ2v) is 11.9. The Balaban J connectivity index is 0.000000300. The minimum atomic E-state index is -1.88. The molecule has 3 heteroatoms. The van der Waals surface area contributed by atoms with Crippen LogP contribution in [0.3, 0.4) is 0 Å². The van der Waals surface area contributed by atoms with Gasteiger partial charge in [0.1, 0.15) is 5.60 Å². The van der Waals surface area contributed by atoms with Crippen LogP contribution >= 0.6 is 7.26 Å². The average molecular weight is 394 g/mol. The van der Waals surface area contributed by atoms with E-state index in [-0.39, 0.29) is 11.6 Å². The molecule has 0 spiro atoms. The number of hydrogen-bond acceptors (Lipinski definition) is 2. The summed E-state index contributed by atoms with van der Waals surface area (Å²) in [6, 6.07) is 32.8. The Morgan fingerprint density at radius 2 is 0.964 bits per heavy atom. The van der Waals surface area contributed by atoms with E-state index in [2.05, 4.69) is 97.7 Å². The van der Waals surface area contributed by atoms with Crippen molar-refractivity contribution in [3.8, 4) is 0 Å². The second kappa shape index (κ2) is 9.66. The summed E-state index contributed by atoms with van der Waals surface area (Å²) in [5, 5.41) is 4.37. The molecule has 0 atom stereocenters. The first-order valence-corrected chi connectivity index (χ1v) is 12.1. The third-order valence-corrected chi connectivity index (χ3v) is 8.97. The zero-order valence-corrected chi connectivity index (χ0v) is 18.5. The molecule has 0 saturated carbocycles. The first kappa shape index (κ1) is 21.9. The first-order valence-electron chi connectivity index (χ1n) is 9.59. The van der Waals surface area contributed by atoms with Crippen LogP contribution in [-0.4, -0.2) is 18.2 Å². The van der Waals surface area contributed by atoms with E-state index in [1.807, 2.05) is 20.8 Å². The van der Waals surface area contributed by atoms with Crippen LogP contribution in [0.5, 0.6) is 0 Å². The van der Waals surface area contributed by atoms with Crippen LogP contribution in [0, 0.1) is 0 Å². The Labute approximate surface area is 169 Å². The summed E-state index contributed by atoms with van der Waals surface area (Å²) in [5.74, 6) is -0.225. The van der Waals surface area contributed by atoms with Gasteiger partial charge >= 0.3 is 127 Å². The Morgan fingerprint density at radius 1 is 0.679 bits per heavy atom. The molecule has 3 rings (SSSR count). The summed E-state index contributed by atoms with van der Waals surface area (Å²) < 4.78 is 4.80. The molecule has 28 heavy (non-hydrogen) atoms. The van der Waals surface area contributed by atoms with Gasteiger partial charge in [-0.25, -0.2) is 0 Å². The molecule has 0 unspecified atom stereocenters. The van der Waals surface area contributed by atoms with Crippen molar-refractivity contribution in [3.05, 3.63) is 91.0 Å². The molecule has 0 aliphatic rings. The standard InChI is InChI=1S/C19H19P.C6H12O2/c1-20(17-11-5-2-6-12-17,18-13-7-3-8-14-18)19-15-9-4-10-16-19;1-5(7)8-6(2,3)4/h2-16,20H,1H3;1-4H3. The predicted molar refractivity (Wildman–Crippen MR) is 124 cm³/mol. The fraction of sp³-hybridized carbons (Fsp3) is 0.240. The van der Waals surface area contributed by atoms with E-state index in [4.69, 9.17) is 4.74 Å². The van der Waals surface area contributed by atoms with E-state index in [1.165, 1.54) is 22.8 Å². The van der Waals surface area contributed by atoms with Gasteiger partial charge in [-0.3, -0.25) is 4.79 Å². The SMILES string of the molecule is CC(=O)OC(C)(C)C.C[PH](c1ccccc1)(c1ccccc1)c1ccccc1. The first-order chi connectivity index (χ1) is 13.2. The molecule has 0 aliphatic heterocycles. The molecule has 0 radical (unpaired) electrons. The Bertz CT molecular complexity index is 757. The van der Waals surface area contributed by atoms with E-state index in [1.54, 1.807) is 0 Å². The van der Waals surface area contributed by atoms with Crippen LogP contribution in [0.2, 0.25) is 0 Å². The van der Waals surface area contributed by atoms with Gasteiger partial charge in [-0.2, -0.15) is 0 Å². The maximum atomic E-state index is 10.2. The molecule has 3 aromatic carbocycles. The summed E-state index contributed by atoms with van der Waals surface area (Å²) in [5.41, 5.74) is -0.328. The summed E-state index contributed by atoms with van der Waals surface area (Å²) in [4.78, 5) is 10.2. The summed E-state index contributed by atoms with van der Waals surface area (Å²) >= 11 is 0. The van der Waals surface area contributed by atoms with Gasteiger partial charge in [0.25, 0.3) is 0 Å². The molecule has 0 saturated heterocycles. The molecule has 0 N–H and O–H groups in total. The number of hydrogen-bond donors (Lipinski definition) is 0. The maximum absolute atomic E-state index is 10.2. The van der Waals surface area contributed by atoms with Gasteiger partial charge in [0.05, 0.1) is 0 Å². The fourth-order valence-electron chi connectivity index (χ4n) is 3.25. The number of benzene rings is 3. The molecule has 0 bridgehead atoms. The van der Waals surface area contributed by atoms with Crippen LogP contribution in [-0.2, 0) is 9.53 Å². The van der Waals surface area contributed by atoms with E-state index in [0.29, 0.717) is 0 Å². The number of esters is 1. The zero-order valence-electron chi connectivity index (χ0n) is 17.5. The fourth-order valence-corrected chi connectivity index (χ4v) is 6.82. The van der Waals surface area contributed by atoms with Crippen LogP contribution in [0.1, 0.15) is 27.7 Å². The van der Waals surface area contributed by atoms with Gasteiger partial charge < -0.3 is 4.74 Å². The van der Waals surface area contributed by atoms with E-state index in [0.717, 1.165) is 0 Å². The number of ether oxygens (including phenoxy) is 1. The third kappa shape index (κ3) is 6.04. The van der Waals surface area contributed by atoms with Gasteiger partial charge in [-0.1, -0.05) is 0 Å². The molecule has 0 aliphatic carbocycles. The molecule has 148 valence electrons. The van der Waals surface area contributed by atoms with Crippen LogP contribution in [0.25, 0.3) is 0 Å². The van der Waals surface area contributed by atoms with Crippen molar-refractivity contribution in [1.29, 1.82) is 0 Å².